The molecule has 0 radical (unpaired) electrons. The maximum absolute atomic E-state index is 13.0. The van der Waals surface area contributed by atoms with E-state index in [1.54, 1.807) is 12.0 Å². The molecule has 13 heteroatoms. The van der Waals surface area contributed by atoms with Crippen molar-refractivity contribution in [2.24, 2.45) is 0 Å². The molecule has 0 aliphatic carbocycles. The van der Waals surface area contributed by atoms with Crippen LogP contribution in [0.1, 0.15) is 53.9 Å². The summed E-state index contributed by atoms with van der Waals surface area (Å²) >= 11 is 0. The van der Waals surface area contributed by atoms with E-state index in [0.29, 0.717) is 70.2 Å². The molecule has 0 saturated carbocycles. The van der Waals surface area contributed by atoms with E-state index >= 15 is 0 Å². The highest BCUT2D eigenvalue weighted by Gasteiger charge is 2.33. The molecular formula is C44H51N3O10. The Morgan fingerprint density at radius 3 is 2.49 bits per heavy atom. The Morgan fingerprint density at radius 1 is 0.877 bits per heavy atom. The molecule has 3 amide bonds. The van der Waals surface area contributed by atoms with E-state index < -0.39 is 12.2 Å². The summed E-state index contributed by atoms with van der Waals surface area (Å²) in [4.78, 5) is 40.1. The number of unbranched alkanes of at least 4 members (excludes halogenated alkanes) is 1. The van der Waals surface area contributed by atoms with Crippen molar-refractivity contribution >= 4 is 23.8 Å². The molecule has 2 unspecified atom stereocenters. The first-order valence-electron chi connectivity index (χ1n) is 19.4. The van der Waals surface area contributed by atoms with Crippen LogP contribution < -0.4 is 24.4 Å². The third-order valence-corrected chi connectivity index (χ3v) is 10.0. The summed E-state index contributed by atoms with van der Waals surface area (Å²) in [5, 5.41) is 12.6. The number of ether oxygens (including phenoxy) is 6. The number of carbonyl (C=O) groups is 3. The number of para-hydroxylation sites is 1. The predicted molar refractivity (Wildman–Crippen MR) is 213 cm³/mol. The lowest BCUT2D eigenvalue weighted by Gasteiger charge is -2.37. The third kappa shape index (κ3) is 11.9. The quantitative estimate of drug-likeness (QED) is 0.0940. The van der Waals surface area contributed by atoms with Gasteiger partial charge < -0.3 is 48.6 Å². The van der Waals surface area contributed by atoms with Gasteiger partial charge in [-0.05, 0) is 66.3 Å². The first-order chi connectivity index (χ1) is 27.9. The average molecular weight is 782 g/mol. The monoisotopic (exact) mass is 781 g/mol. The second-order valence-electron chi connectivity index (χ2n) is 13.9. The Hall–Kier alpha value is -5.79. The van der Waals surface area contributed by atoms with E-state index in [2.05, 4.69) is 5.32 Å². The normalized spacial score (nSPS) is 16.3. The molecule has 2 aliphatic heterocycles. The van der Waals surface area contributed by atoms with Crippen molar-refractivity contribution in [2.75, 3.05) is 58.0 Å². The molecule has 13 nitrogen and oxygen atoms in total. The zero-order valence-electron chi connectivity index (χ0n) is 32.3. The molecule has 302 valence electrons. The van der Waals surface area contributed by atoms with Crippen molar-refractivity contribution < 1.29 is 47.9 Å². The topological polar surface area (TPSA) is 145 Å². The summed E-state index contributed by atoms with van der Waals surface area (Å²) in [7, 11) is 1.65. The Morgan fingerprint density at radius 2 is 1.68 bits per heavy atom. The van der Waals surface area contributed by atoms with Gasteiger partial charge in [0.2, 0.25) is 0 Å². The Labute approximate surface area is 333 Å². The summed E-state index contributed by atoms with van der Waals surface area (Å²) in [5.74, 6) is 1.99. The SMILES string of the molecule is COc1ccccc1COCCCOc1ccc(C2CCN(C(=O)O)CC2OCc2ccc3c(c2)N(CCCCNC(=O)OCc2ccccc2)C(=O)CO3)cc1. The minimum atomic E-state index is -0.975. The minimum absolute atomic E-state index is 0.0266. The number of anilines is 1. The van der Waals surface area contributed by atoms with Crippen LogP contribution in [0.5, 0.6) is 17.2 Å². The molecule has 0 aromatic heterocycles. The Kier molecular flexibility index (Phi) is 15.0. The van der Waals surface area contributed by atoms with E-state index in [9.17, 15) is 19.5 Å². The fourth-order valence-corrected chi connectivity index (χ4v) is 6.95. The molecule has 2 atom stereocenters. The number of hydrogen-bond donors (Lipinski definition) is 2. The number of piperidine rings is 1. The van der Waals surface area contributed by atoms with Crippen molar-refractivity contribution in [1.29, 1.82) is 0 Å². The summed E-state index contributed by atoms with van der Waals surface area (Å²) in [5.41, 5.74) is 4.46. The van der Waals surface area contributed by atoms with Gasteiger partial charge in [0.1, 0.15) is 23.9 Å². The van der Waals surface area contributed by atoms with Crippen molar-refractivity contribution in [3.8, 4) is 17.2 Å². The zero-order valence-corrected chi connectivity index (χ0v) is 32.3. The summed E-state index contributed by atoms with van der Waals surface area (Å²) in [6, 6.07) is 30.8. The van der Waals surface area contributed by atoms with Crippen molar-refractivity contribution in [3.63, 3.8) is 0 Å². The van der Waals surface area contributed by atoms with Gasteiger partial charge in [0.25, 0.3) is 5.91 Å². The van der Waals surface area contributed by atoms with Gasteiger partial charge in [-0.1, -0.05) is 66.7 Å². The van der Waals surface area contributed by atoms with Crippen LogP contribution in [0.2, 0.25) is 0 Å². The standard InChI is InChI=1S/C44H51N3O10/c1-52-39-13-6-5-12-35(39)30-53-24-9-25-54-36-17-15-34(16-18-36)37-20-23-46(44(50)51)27-41(37)55-29-33-14-19-40-38(26-33)47(42(48)31-56-40)22-8-7-21-45-43(49)57-28-32-10-3-2-4-11-32/h2-6,10-19,26,37,41H,7-9,20-25,27-31H2,1H3,(H,45,49)(H,50,51). The number of rotatable bonds is 19. The smallest absolute Gasteiger partial charge is 0.407 e. The fourth-order valence-electron chi connectivity index (χ4n) is 6.95. The molecule has 0 spiro atoms. The van der Waals surface area contributed by atoms with Crippen molar-refractivity contribution in [1.82, 2.24) is 10.2 Å². The van der Waals surface area contributed by atoms with Crippen molar-refractivity contribution in [3.05, 3.63) is 119 Å². The molecule has 6 rings (SSSR count). The number of nitrogens with one attached hydrogen (secondary N) is 1. The second kappa shape index (κ2) is 20.9. The maximum Gasteiger partial charge on any atom is 0.407 e. The number of fused-ring (bicyclic) bond motifs is 1. The third-order valence-electron chi connectivity index (χ3n) is 10.0. The van der Waals surface area contributed by atoms with E-state index in [-0.39, 0.29) is 44.3 Å². The predicted octanol–water partition coefficient (Wildman–Crippen LogP) is 7.17. The van der Waals surface area contributed by atoms with Gasteiger partial charge in [-0.25, -0.2) is 9.59 Å². The lowest BCUT2D eigenvalue weighted by Crippen LogP contribution is -2.46. The lowest BCUT2D eigenvalue weighted by atomic mass is 9.87. The molecule has 1 fully saturated rings. The number of amides is 3. The molecule has 1 saturated heterocycles. The van der Waals surface area contributed by atoms with Crippen LogP contribution in [0.4, 0.5) is 15.3 Å². The Bertz CT molecular complexity index is 1910. The van der Waals surface area contributed by atoms with Crippen LogP contribution in [0.15, 0.2) is 97.1 Å². The van der Waals surface area contributed by atoms with Gasteiger partial charge >= 0.3 is 12.2 Å². The van der Waals surface area contributed by atoms with E-state index in [4.69, 9.17) is 28.4 Å². The fraction of sp³-hybridized carbons (Fsp3) is 0.386. The number of likely N-dealkylation sites (tertiary alicyclic amines) is 1. The van der Waals surface area contributed by atoms with Crippen LogP contribution in [0.25, 0.3) is 0 Å². The van der Waals surface area contributed by atoms with Gasteiger partial charge in [0.15, 0.2) is 6.61 Å². The molecule has 4 aromatic carbocycles. The highest BCUT2D eigenvalue weighted by Crippen LogP contribution is 2.35. The van der Waals surface area contributed by atoms with Gasteiger partial charge in [-0.2, -0.15) is 0 Å². The van der Waals surface area contributed by atoms with Crippen LogP contribution in [-0.2, 0) is 38.8 Å². The first kappa shape index (κ1) is 40.9. The summed E-state index contributed by atoms with van der Waals surface area (Å²) < 4.78 is 34.7. The first-order valence-corrected chi connectivity index (χ1v) is 19.4. The highest BCUT2D eigenvalue weighted by molar-refractivity contribution is 5.97. The highest BCUT2D eigenvalue weighted by atomic mass is 16.5. The second-order valence-corrected chi connectivity index (χ2v) is 13.9. The molecular weight excluding hydrogens is 730 g/mol. The molecule has 4 aromatic rings. The molecule has 57 heavy (non-hydrogen) atoms. The number of alkyl carbamates (subject to hydrolysis) is 1. The van der Waals surface area contributed by atoms with Gasteiger partial charge in [0.05, 0.1) is 51.9 Å². The van der Waals surface area contributed by atoms with E-state index in [0.717, 1.165) is 40.2 Å². The summed E-state index contributed by atoms with van der Waals surface area (Å²) in [6.07, 6.45) is 0.801. The van der Waals surface area contributed by atoms with Gasteiger partial charge in [-0.3, -0.25) is 4.79 Å². The van der Waals surface area contributed by atoms with Crippen LogP contribution in [-0.4, -0.2) is 87.3 Å². The number of carbonyl (C=O) groups excluding carboxylic acids is 2. The molecule has 0 bridgehead atoms. The lowest BCUT2D eigenvalue weighted by molar-refractivity contribution is -0.121. The van der Waals surface area contributed by atoms with Crippen molar-refractivity contribution in [2.45, 2.75) is 57.5 Å². The van der Waals surface area contributed by atoms with Gasteiger partial charge in [-0.15, -0.1) is 0 Å². The molecule has 2 N–H and O–H groups in total. The van der Waals surface area contributed by atoms with Crippen LogP contribution in [0, 0.1) is 0 Å². The maximum atomic E-state index is 13.0. The number of methoxy groups -OCH3 is 1. The average Bonchev–Trinajstić information content (AvgIpc) is 3.24. The van der Waals surface area contributed by atoms with Crippen LogP contribution in [0.3, 0.4) is 0 Å². The number of nitrogens with zero attached hydrogens (tertiary/aromatic N) is 2. The molecule has 2 heterocycles. The largest absolute Gasteiger partial charge is 0.496 e. The molecule has 2 aliphatic rings. The minimum Gasteiger partial charge on any atom is -0.496 e. The Balaban J connectivity index is 0.980. The summed E-state index contributed by atoms with van der Waals surface area (Å²) in [6.45, 7) is 3.41. The number of carboxylic acid groups (broad SMARTS) is 1. The number of hydrogen-bond acceptors (Lipinski definition) is 9. The van der Waals surface area contributed by atoms with E-state index in [1.165, 1.54) is 4.90 Å². The van der Waals surface area contributed by atoms with E-state index in [1.807, 2.05) is 97.1 Å². The van der Waals surface area contributed by atoms with Gasteiger partial charge in [0, 0.05) is 37.5 Å². The van der Waals surface area contributed by atoms with Crippen LogP contribution >= 0.6 is 0 Å². The number of benzene rings is 4. The zero-order chi connectivity index (χ0) is 39.8.